The van der Waals surface area contributed by atoms with Crippen LogP contribution in [0.15, 0.2) is 71.7 Å². The lowest BCUT2D eigenvalue weighted by Gasteiger charge is -2.20. The van der Waals surface area contributed by atoms with Gasteiger partial charge < -0.3 is 24.6 Å². The number of ether oxygens (including phenoxy) is 3. The molecule has 0 aromatic heterocycles. The lowest BCUT2D eigenvalue weighted by atomic mass is 9.95. The summed E-state index contributed by atoms with van der Waals surface area (Å²) in [7, 11) is 3.28. The van der Waals surface area contributed by atoms with Gasteiger partial charge >= 0.3 is 12.1 Å². The Balaban J connectivity index is 0.000000532. The Morgan fingerprint density at radius 1 is 0.949 bits per heavy atom. The van der Waals surface area contributed by atoms with Crippen LogP contribution in [0.2, 0.25) is 10.0 Å². The number of carboxylic acids is 1. The van der Waals surface area contributed by atoms with Gasteiger partial charge in [0, 0.05) is 23.2 Å². The van der Waals surface area contributed by atoms with Gasteiger partial charge in [-0.15, -0.1) is 0 Å². The summed E-state index contributed by atoms with van der Waals surface area (Å²) in [6, 6.07) is 21.1. The monoisotopic (exact) mass is 584 g/mol. The fourth-order valence-electron chi connectivity index (χ4n) is 3.67. The number of hydrogen-bond donors (Lipinski definition) is 2. The number of aliphatic carboxylic acids is 1. The average molecular weight is 585 g/mol. The fourth-order valence-corrected chi connectivity index (χ4v) is 3.92. The van der Waals surface area contributed by atoms with Gasteiger partial charge in [-0.25, -0.2) is 4.79 Å². The first-order valence-electron chi connectivity index (χ1n) is 11.5. The minimum absolute atomic E-state index is 0.0719. The van der Waals surface area contributed by atoms with Gasteiger partial charge in [-0.2, -0.15) is 13.2 Å². The molecule has 0 saturated carbocycles. The summed E-state index contributed by atoms with van der Waals surface area (Å²) >= 11 is 12.2. The number of aliphatic imine (C=N–C) groups is 1. The second-order valence-electron chi connectivity index (χ2n) is 8.15. The average Bonchev–Trinajstić information content (AvgIpc) is 3.34. The van der Waals surface area contributed by atoms with Gasteiger partial charge in [0.25, 0.3) is 0 Å². The maximum atomic E-state index is 10.6. The molecule has 3 aromatic rings. The summed E-state index contributed by atoms with van der Waals surface area (Å²) < 4.78 is 48.2. The molecule has 12 heteroatoms. The number of carbonyl (C=O) groups is 1. The van der Waals surface area contributed by atoms with E-state index in [1.54, 1.807) is 14.2 Å². The van der Waals surface area contributed by atoms with Crippen LogP contribution >= 0.6 is 23.2 Å². The third-order valence-electron chi connectivity index (χ3n) is 5.55. The lowest BCUT2D eigenvalue weighted by molar-refractivity contribution is -0.192. The highest BCUT2D eigenvalue weighted by Crippen LogP contribution is 2.39. The maximum Gasteiger partial charge on any atom is 0.490 e. The van der Waals surface area contributed by atoms with Gasteiger partial charge in [-0.1, -0.05) is 47.5 Å². The maximum absolute atomic E-state index is 10.6. The van der Waals surface area contributed by atoms with Gasteiger partial charge in [-0.05, 0) is 47.5 Å². The molecule has 0 radical (unpaired) electrons. The van der Waals surface area contributed by atoms with Gasteiger partial charge in [0.15, 0.2) is 0 Å². The van der Waals surface area contributed by atoms with Crippen molar-refractivity contribution in [3.05, 3.63) is 93.5 Å². The van der Waals surface area contributed by atoms with E-state index in [9.17, 15) is 13.2 Å². The summed E-state index contributed by atoms with van der Waals surface area (Å²) in [5.41, 5.74) is 3.01. The van der Waals surface area contributed by atoms with Crippen LogP contribution in [0.25, 0.3) is 0 Å². The van der Waals surface area contributed by atoms with Crippen LogP contribution in [-0.2, 0) is 9.53 Å². The zero-order chi connectivity index (χ0) is 28.6. The molecule has 2 atom stereocenters. The molecule has 1 aliphatic rings. The molecule has 7 nitrogen and oxygen atoms in total. The molecule has 4 rings (SSSR count). The highest BCUT2D eigenvalue weighted by Gasteiger charge is 2.38. The normalized spacial score (nSPS) is 16.4. The Kier molecular flexibility index (Phi) is 10.4. The van der Waals surface area contributed by atoms with Crippen LogP contribution in [0.4, 0.5) is 13.2 Å². The third kappa shape index (κ3) is 8.26. The Hall–Kier alpha value is -3.47. The summed E-state index contributed by atoms with van der Waals surface area (Å²) in [4.78, 5) is 14.0. The molecule has 1 aliphatic heterocycles. The molecule has 3 aromatic carbocycles. The zero-order valence-electron chi connectivity index (χ0n) is 20.8. The van der Waals surface area contributed by atoms with Crippen LogP contribution in [-0.4, -0.2) is 50.5 Å². The number of amidine groups is 1. The molecule has 208 valence electrons. The number of hydrogen-bond acceptors (Lipinski definition) is 6. The Morgan fingerprint density at radius 3 is 2.03 bits per heavy atom. The largest absolute Gasteiger partial charge is 0.497 e. The number of rotatable bonds is 8. The zero-order valence-corrected chi connectivity index (χ0v) is 22.3. The molecular formula is C27H25Cl2F3N2O5. The van der Waals surface area contributed by atoms with Crippen LogP contribution in [0.5, 0.6) is 11.5 Å². The van der Waals surface area contributed by atoms with Crippen molar-refractivity contribution in [3.63, 3.8) is 0 Å². The first-order valence-corrected chi connectivity index (χ1v) is 12.2. The molecule has 0 aliphatic carbocycles. The minimum atomic E-state index is -5.08. The molecular weight excluding hydrogens is 560 g/mol. The number of carboxylic acid groups (broad SMARTS) is 1. The summed E-state index contributed by atoms with van der Waals surface area (Å²) in [5, 5.41) is 12.1. The van der Waals surface area contributed by atoms with Crippen LogP contribution in [0.3, 0.4) is 0 Å². The smallest absolute Gasteiger partial charge is 0.490 e. The third-order valence-corrected chi connectivity index (χ3v) is 6.05. The molecule has 39 heavy (non-hydrogen) atoms. The molecule has 0 amide bonds. The molecule has 0 unspecified atom stereocenters. The molecule has 0 fully saturated rings. The Bertz CT molecular complexity index is 1290. The predicted molar refractivity (Wildman–Crippen MR) is 142 cm³/mol. The molecule has 2 N–H and O–H groups in total. The van der Waals surface area contributed by atoms with E-state index in [1.165, 1.54) is 0 Å². The predicted octanol–water partition coefficient (Wildman–Crippen LogP) is 6.49. The van der Waals surface area contributed by atoms with Crippen molar-refractivity contribution in [2.75, 3.05) is 27.4 Å². The van der Waals surface area contributed by atoms with Gasteiger partial charge in [0.2, 0.25) is 0 Å². The highest BCUT2D eigenvalue weighted by molar-refractivity contribution is 6.30. The van der Waals surface area contributed by atoms with E-state index >= 15 is 0 Å². The number of benzene rings is 3. The standard InChI is InChI=1S/C25H24Cl2N2O3.C2HF3O2/c1-30-13-14-32-22-15-20(31-2)11-12-21(22)25-28-23(16-3-7-18(26)8-4-16)24(29-25)17-5-9-19(27)10-6-17;3-2(4,5)1(6)7/h3-12,15,23-24H,13-14H2,1-2H3,(H,28,29);(H,6,7)/t23-,24+;. The summed E-state index contributed by atoms with van der Waals surface area (Å²) in [5.74, 6) is -0.616. The first kappa shape index (κ1) is 30.1. The Morgan fingerprint density at radius 2 is 1.51 bits per heavy atom. The van der Waals surface area contributed by atoms with Crippen molar-refractivity contribution in [2.45, 2.75) is 18.3 Å². The first-order chi connectivity index (χ1) is 18.5. The van der Waals surface area contributed by atoms with Crippen molar-refractivity contribution in [3.8, 4) is 11.5 Å². The van der Waals surface area contributed by atoms with E-state index in [0.717, 1.165) is 22.5 Å². The molecule has 1 heterocycles. The van der Waals surface area contributed by atoms with E-state index < -0.39 is 12.1 Å². The van der Waals surface area contributed by atoms with Gasteiger partial charge in [0.05, 0.1) is 25.3 Å². The number of alkyl halides is 3. The summed E-state index contributed by atoms with van der Waals surface area (Å²) in [6.45, 7) is 0.905. The minimum Gasteiger partial charge on any atom is -0.497 e. The Labute approximate surface area is 233 Å². The van der Waals surface area contributed by atoms with E-state index in [1.807, 2.05) is 66.7 Å². The van der Waals surface area contributed by atoms with Crippen molar-refractivity contribution in [1.82, 2.24) is 5.32 Å². The number of methoxy groups -OCH3 is 2. The van der Waals surface area contributed by atoms with Crippen molar-refractivity contribution in [2.24, 2.45) is 4.99 Å². The molecule has 0 saturated heterocycles. The van der Waals surface area contributed by atoms with Gasteiger partial charge in [-0.3, -0.25) is 4.99 Å². The quantitative estimate of drug-likeness (QED) is 0.294. The van der Waals surface area contributed by atoms with Crippen LogP contribution in [0.1, 0.15) is 28.8 Å². The summed E-state index contributed by atoms with van der Waals surface area (Å²) in [6.07, 6.45) is -5.08. The van der Waals surface area contributed by atoms with Crippen molar-refractivity contribution >= 4 is 35.0 Å². The van der Waals surface area contributed by atoms with E-state index in [-0.39, 0.29) is 12.1 Å². The highest BCUT2D eigenvalue weighted by atomic mass is 35.5. The van der Waals surface area contributed by atoms with E-state index in [0.29, 0.717) is 34.8 Å². The van der Waals surface area contributed by atoms with Crippen molar-refractivity contribution in [1.29, 1.82) is 0 Å². The lowest BCUT2D eigenvalue weighted by Crippen LogP contribution is -2.25. The van der Waals surface area contributed by atoms with Crippen LogP contribution in [0, 0.1) is 0 Å². The van der Waals surface area contributed by atoms with E-state index in [4.69, 9.17) is 52.3 Å². The van der Waals surface area contributed by atoms with Crippen LogP contribution < -0.4 is 14.8 Å². The van der Waals surface area contributed by atoms with Gasteiger partial charge in [0.1, 0.15) is 30.0 Å². The molecule has 0 bridgehead atoms. The second kappa shape index (κ2) is 13.5. The fraction of sp³-hybridized carbons (Fsp3) is 0.259. The number of nitrogens with zero attached hydrogens (tertiary/aromatic N) is 1. The SMILES string of the molecule is COCCOc1cc(OC)ccc1C1=N[C@H](c2ccc(Cl)cc2)[C@H](c2ccc(Cl)cc2)N1.O=C(O)C(F)(F)F. The van der Waals surface area contributed by atoms with Crippen molar-refractivity contribution < 1.29 is 37.3 Å². The molecule has 0 spiro atoms. The number of nitrogens with one attached hydrogen (secondary N) is 1. The number of halogens is 5. The topological polar surface area (TPSA) is 89.4 Å². The van der Waals surface area contributed by atoms with E-state index in [2.05, 4.69) is 5.32 Å². The second-order valence-corrected chi connectivity index (χ2v) is 9.03.